The number of aromatic hydroxyl groups is 1. The van der Waals surface area contributed by atoms with Crippen LogP contribution in [0, 0.1) is 5.41 Å². The molecule has 0 saturated carbocycles. The molecular weight excluding hydrogens is 242 g/mol. The summed E-state index contributed by atoms with van der Waals surface area (Å²) in [6.07, 6.45) is 1.23. The van der Waals surface area contributed by atoms with Crippen LogP contribution in [0.1, 0.15) is 38.8 Å². The van der Waals surface area contributed by atoms with Crippen LogP contribution in [0.2, 0.25) is 0 Å². The summed E-state index contributed by atoms with van der Waals surface area (Å²) in [4.78, 5) is 0. The van der Waals surface area contributed by atoms with Gasteiger partial charge in [-0.3, -0.25) is 0 Å². The number of rotatable bonds is 3. The van der Waals surface area contributed by atoms with Crippen LogP contribution in [0.4, 0.5) is 0 Å². The first-order valence-corrected chi connectivity index (χ1v) is 7.74. The number of hydrogen-bond acceptors (Lipinski definition) is 3. The second-order valence-electron chi connectivity index (χ2n) is 6.06. The second kappa shape index (κ2) is 5.54. The van der Waals surface area contributed by atoms with Gasteiger partial charge < -0.3 is 10.4 Å². The van der Waals surface area contributed by atoms with Crippen LogP contribution >= 0.6 is 11.8 Å². The van der Waals surface area contributed by atoms with Gasteiger partial charge in [-0.05, 0) is 42.2 Å². The van der Waals surface area contributed by atoms with Crippen LogP contribution in [0.5, 0.6) is 5.75 Å². The van der Waals surface area contributed by atoms with Gasteiger partial charge in [0.1, 0.15) is 5.75 Å². The molecule has 3 heteroatoms. The molecule has 2 atom stereocenters. The molecule has 1 aliphatic rings. The largest absolute Gasteiger partial charge is 0.508 e. The standard InChI is InChI=1S/C15H23NOS/c1-11(12-5-4-6-14(17)7-12)16-13-8-15(2,3)10-18-9-13/h4-7,11,13,16-17H,8-10H2,1-3H3. The Morgan fingerprint density at radius 3 is 2.89 bits per heavy atom. The Morgan fingerprint density at radius 2 is 2.22 bits per heavy atom. The molecule has 2 unspecified atom stereocenters. The van der Waals surface area contributed by atoms with Gasteiger partial charge in [0.15, 0.2) is 0 Å². The van der Waals surface area contributed by atoms with Gasteiger partial charge in [-0.25, -0.2) is 0 Å². The summed E-state index contributed by atoms with van der Waals surface area (Å²) in [6, 6.07) is 8.39. The number of thioether (sulfide) groups is 1. The van der Waals surface area contributed by atoms with Crippen molar-refractivity contribution in [2.45, 2.75) is 39.3 Å². The molecule has 100 valence electrons. The Bertz CT molecular complexity index is 405. The van der Waals surface area contributed by atoms with Crippen molar-refractivity contribution in [2.24, 2.45) is 5.41 Å². The van der Waals surface area contributed by atoms with Crippen LogP contribution < -0.4 is 5.32 Å². The highest BCUT2D eigenvalue weighted by atomic mass is 32.2. The number of benzene rings is 1. The van der Waals surface area contributed by atoms with Gasteiger partial charge in [0.2, 0.25) is 0 Å². The predicted molar refractivity (Wildman–Crippen MR) is 79.2 cm³/mol. The highest BCUT2D eigenvalue weighted by Gasteiger charge is 2.29. The average molecular weight is 265 g/mol. The van der Waals surface area contributed by atoms with Gasteiger partial charge in [0, 0.05) is 17.8 Å². The Morgan fingerprint density at radius 1 is 1.44 bits per heavy atom. The predicted octanol–water partition coefficient (Wildman–Crippen LogP) is 3.57. The molecule has 1 saturated heterocycles. The van der Waals surface area contributed by atoms with E-state index >= 15 is 0 Å². The van der Waals surface area contributed by atoms with Crippen molar-refractivity contribution in [1.82, 2.24) is 5.32 Å². The summed E-state index contributed by atoms with van der Waals surface area (Å²) < 4.78 is 0. The molecule has 1 fully saturated rings. The third-order valence-electron chi connectivity index (χ3n) is 3.47. The van der Waals surface area contributed by atoms with Crippen molar-refractivity contribution in [3.63, 3.8) is 0 Å². The lowest BCUT2D eigenvalue weighted by atomic mass is 9.87. The summed E-state index contributed by atoms with van der Waals surface area (Å²) in [5.74, 6) is 2.79. The SMILES string of the molecule is CC(NC1CSCC(C)(C)C1)c1cccc(O)c1. The molecule has 2 rings (SSSR count). The van der Waals surface area contributed by atoms with Gasteiger partial charge in [-0.1, -0.05) is 26.0 Å². The maximum Gasteiger partial charge on any atom is 0.115 e. The lowest BCUT2D eigenvalue weighted by Crippen LogP contribution is -2.41. The second-order valence-corrected chi connectivity index (χ2v) is 7.09. The molecule has 2 nitrogen and oxygen atoms in total. The third-order valence-corrected chi connectivity index (χ3v) is 5.09. The molecule has 0 aromatic heterocycles. The number of nitrogens with one attached hydrogen (secondary N) is 1. The van der Waals surface area contributed by atoms with E-state index in [1.807, 2.05) is 23.9 Å². The molecule has 0 radical (unpaired) electrons. The van der Waals surface area contributed by atoms with Gasteiger partial charge in [-0.2, -0.15) is 11.8 Å². The van der Waals surface area contributed by atoms with E-state index in [1.54, 1.807) is 6.07 Å². The first-order valence-electron chi connectivity index (χ1n) is 6.59. The van der Waals surface area contributed by atoms with E-state index in [-0.39, 0.29) is 6.04 Å². The number of phenolic OH excluding ortho intramolecular Hbond substituents is 1. The van der Waals surface area contributed by atoms with Crippen LogP contribution in [-0.4, -0.2) is 22.7 Å². The van der Waals surface area contributed by atoms with Crippen molar-refractivity contribution < 1.29 is 5.11 Å². The topological polar surface area (TPSA) is 32.3 Å². The molecule has 0 spiro atoms. The Balaban J connectivity index is 1.97. The van der Waals surface area contributed by atoms with E-state index in [4.69, 9.17) is 0 Å². The van der Waals surface area contributed by atoms with Crippen molar-refractivity contribution in [3.8, 4) is 5.75 Å². The minimum absolute atomic E-state index is 0.289. The minimum atomic E-state index is 0.289. The fraction of sp³-hybridized carbons (Fsp3) is 0.600. The zero-order chi connectivity index (χ0) is 13.2. The lowest BCUT2D eigenvalue weighted by molar-refractivity contribution is 0.305. The summed E-state index contributed by atoms with van der Waals surface area (Å²) in [5, 5.41) is 13.2. The Labute approximate surface area is 114 Å². The minimum Gasteiger partial charge on any atom is -0.508 e. The average Bonchev–Trinajstić information content (AvgIpc) is 2.27. The first-order chi connectivity index (χ1) is 8.46. The normalized spacial score (nSPS) is 24.7. The van der Waals surface area contributed by atoms with Gasteiger partial charge in [0.25, 0.3) is 0 Å². The Hall–Kier alpha value is -0.670. The monoisotopic (exact) mass is 265 g/mol. The van der Waals surface area contributed by atoms with Crippen molar-refractivity contribution in [3.05, 3.63) is 29.8 Å². The molecular formula is C15H23NOS. The van der Waals surface area contributed by atoms with Crippen LogP contribution in [0.15, 0.2) is 24.3 Å². The van der Waals surface area contributed by atoms with Crippen molar-refractivity contribution in [1.29, 1.82) is 0 Å². The molecule has 0 aliphatic carbocycles. The smallest absolute Gasteiger partial charge is 0.115 e. The summed E-state index contributed by atoms with van der Waals surface area (Å²) in [6.45, 7) is 6.85. The van der Waals surface area contributed by atoms with E-state index in [0.29, 0.717) is 17.2 Å². The summed E-state index contributed by atoms with van der Waals surface area (Å²) >= 11 is 2.04. The van der Waals surface area contributed by atoms with Crippen LogP contribution in [-0.2, 0) is 0 Å². The molecule has 1 aromatic carbocycles. The lowest BCUT2D eigenvalue weighted by Gasteiger charge is -2.36. The molecule has 1 aromatic rings. The zero-order valence-electron chi connectivity index (χ0n) is 11.4. The van der Waals surface area contributed by atoms with Crippen molar-refractivity contribution in [2.75, 3.05) is 11.5 Å². The highest BCUT2D eigenvalue weighted by molar-refractivity contribution is 7.99. The van der Waals surface area contributed by atoms with E-state index in [0.717, 1.165) is 5.56 Å². The van der Waals surface area contributed by atoms with E-state index in [2.05, 4.69) is 32.2 Å². The molecule has 2 N–H and O–H groups in total. The Kier molecular flexibility index (Phi) is 4.23. The van der Waals surface area contributed by atoms with E-state index < -0.39 is 0 Å². The molecule has 1 heterocycles. The van der Waals surface area contributed by atoms with E-state index in [1.165, 1.54) is 17.9 Å². The maximum atomic E-state index is 9.52. The molecule has 18 heavy (non-hydrogen) atoms. The van der Waals surface area contributed by atoms with E-state index in [9.17, 15) is 5.11 Å². The van der Waals surface area contributed by atoms with Gasteiger partial charge >= 0.3 is 0 Å². The zero-order valence-corrected chi connectivity index (χ0v) is 12.3. The van der Waals surface area contributed by atoms with Gasteiger partial charge in [-0.15, -0.1) is 0 Å². The van der Waals surface area contributed by atoms with Crippen LogP contribution in [0.25, 0.3) is 0 Å². The fourth-order valence-corrected chi connectivity index (χ4v) is 3.90. The van der Waals surface area contributed by atoms with Crippen molar-refractivity contribution >= 4 is 11.8 Å². The third kappa shape index (κ3) is 3.66. The highest BCUT2D eigenvalue weighted by Crippen LogP contribution is 2.34. The molecule has 0 bridgehead atoms. The fourth-order valence-electron chi connectivity index (χ4n) is 2.61. The first kappa shape index (κ1) is 13.8. The maximum absolute atomic E-state index is 9.52. The summed E-state index contributed by atoms with van der Waals surface area (Å²) in [7, 11) is 0. The van der Waals surface area contributed by atoms with Gasteiger partial charge in [0.05, 0.1) is 0 Å². The summed E-state index contributed by atoms with van der Waals surface area (Å²) in [5.41, 5.74) is 1.59. The van der Waals surface area contributed by atoms with Crippen LogP contribution in [0.3, 0.4) is 0 Å². The quantitative estimate of drug-likeness (QED) is 0.876. The molecule has 1 aliphatic heterocycles. The number of phenols is 1. The molecule has 0 amide bonds. The number of hydrogen-bond donors (Lipinski definition) is 2.